The van der Waals surface area contributed by atoms with Crippen LogP contribution in [0.25, 0.3) is 0 Å². The molecule has 0 fully saturated rings. The quantitative estimate of drug-likeness (QED) is 0.844. The molecule has 0 heterocycles. The first-order chi connectivity index (χ1) is 9.55. The van der Waals surface area contributed by atoms with Crippen LogP contribution in [-0.2, 0) is 0 Å². The number of halogens is 2. The van der Waals surface area contributed by atoms with Crippen LogP contribution in [0, 0.1) is 11.6 Å². The van der Waals surface area contributed by atoms with E-state index in [1.54, 1.807) is 12.1 Å². The standard InChI is InChI=1S/C14H14F2N2O2/c1-19-13-6-10(17)12(7-14(13)20-2)18-11-4-3-8(15)5-9(11)16/h3-7,18H,17H2,1-2H3. The second-order valence-corrected chi connectivity index (χ2v) is 4.04. The van der Waals surface area contributed by atoms with Crippen LogP contribution >= 0.6 is 0 Å². The molecule has 0 amide bonds. The van der Waals surface area contributed by atoms with Crippen LogP contribution in [0.1, 0.15) is 0 Å². The lowest BCUT2D eigenvalue weighted by molar-refractivity contribution is 0.355. The van der Waals surface area contributed by atoms with Crippen molar-refractivity contribution in [2.24, 2.45) is 0 Å². The normalized spacial score (nSPS) is 10.2. The summed E-state index contributed by atoms with van der Waals surface area (Å²) in [6, 6.07) is 6.38. The smallest absolute Gasteiger partial charge is 0.162 e. The first-order valence-electron chi connectivity index (χ1n) is 5.78. The van der Waals surface area contributed by atoms with Gasteiger partial charge in [-0.2, -0.15) is 0 Å². The van der Waals surface area contributed by atoms with Crippen molar-refractivity contribution < 1.29 is 18.3 Å². The Labute approximate surface area is 115 Å². The Kier molecular flexibility index (Phi) is 3.93. The number of nitrogens with two attached hydrogens (primary N) is 1. The fourth-order valence-electron chi connectivity index (χ4n) is 1.74. The third-order valence-electron chi connectivity index (χ3n) is 2.76. The van der Waals surface area contributed by atoms with Crippen LogP contribution in [0.2, 0.25) is 0 Å². The average molecular weight is 280 g/mol. The molecule has 0 aliphatic heterocycles. The third-order valence-corrected chi connectivity index (χ3v) is 2.76. The molecule has 6 heteroatoms. The number of nitrogen functional groups attached to an aromatic ring is 1. The largest absolute Gasteiger partial charge is 0.493 e. The Balaban J connectivity index is 2.38. The van der Waals surface area contributed by atoms with Crippen LogP contribution in [0.3, 0.4) is 0 Å². The zero-order valence-electron chi connectivity index (χ0n) is 11.0. The SMILES string of the molecule is COc1cc(N)c(Nc2ccc(F)cc2F)cc1OC. The van der Waals surface area contributed by atoms with Crippen molar-refractivity contribution in [1.29, 1.82) is 0 Å². The summed E-state index contributed by atoms with van der Waals surface area (Å²) in [5.41, 5.74) is 6.76. The molecule has 106 valence electrons. The lowest BCUT2D eigenvalue weighted by Gasteiger charge is -2.14. The van der Waals surface area contributed by atoms with Gasteiger partial charge in [-0.1, -0.05) is 0 Å². The lowest BCUT2D eigenvalue weighted by Crippen LogP contribution is -2.01. The minimum atomic E-state index is -0.709. The maximum absolute atomic E-state index is 13.6. The molecule has 0 unspecified atom stereocenters. The molecule has 20 heavy (non-hydrogen) atoms. The molecular weight excluding hydrogens is 266 g/mol. The predicted molar refractivity (Wildman–Crippen MR) is 73.6 cm³/mol. The highest BCUT2D eigenvalue weighted by Crippen LogP contribution is 2.36. The second-order valence-electron chi connectivity index (χ2n) is 4.04. The monoisotopic (exact) mass is 280 g/mol. The van der Waals surface area contributed by atoms with Crippen molar-refractivity contribution in [2.75, 3.05) is 25.3 Å². The van der Waals surface area contributed by atoms with Crippen LogP contribution in [0.4, 0.5) is 25.8 Å². The zero-order chi connectivity index (χ0) is 14.7. The number of methoxy groups -OCH3 is 2. The minimum Gasteiger partial charge on any atom is -0.493 e. The van der Waals surface area contributed by atoms with Gasteiger partial charge in [-0.3, -0.25) is 0 Å². The molecular formula is C14H14F2N2O2. The summed E-state index contributed by atoms with van der Waals surface area (Å²) in [6.07, 6.45) is 0. The molecule has 0 aromatic heterocycles. The fraction of sp³-hybridized carbons (Fsp3) is 0.143. The van der Waals surface area contributed by atoms with E-state index in [4.69, 9.17) is 15.2 Å². The summed E-state index contributed by atoms with van der Waals surface area (Å²) in [5, 5.41) is 2.79. The van der Waals surface area contributed by atoms with E-state index in [-0.39, 0.29) is 5.69 Å². The molecule has 2 aromatic rings. The molecule has 0 spiro atoms. The Morgan fingerprint density at radius 2 is 1.60 bits per heavy atom. The number of ether oxygens (including phenoxy) is 2. The van der Waals surface area contributed by atoms with Gasteiger partial charge in [0.1, 0.15) is 11.6 Å². The number of anilines is 3. The summed E-state index contributed by atoms with van der Waals surface area (Å²) < 4.78 is 36.7. The number of nitrogens with one attached hydrogen (secondary N) is 1. The predicted octanol–water partition coefficient (Wildman–Crippen LogP) is 3.31. The fourth-order valence-corrected chi connectivity index (χ4v) is 1.74. The number of hydrogen-bond acceptors (Lipinski definition) is 4. The van der Waals surface area contributed by atoms with Gasteiger partial charge in [-0.15, -0.1) is 0 Å². The number of benzene rings is 2. The lowest BCUT2D eigenvalue weighted by atomic mass is 10.2. The van der Waals surface area contributed by atoms with E-state index in [0.29, 0.717) is 22.9 Å². The molecule has 0 radical (unpaired) electrons. The van der Waals surface area contributed by atoms with Gasteiger partial charge in [0, 0.05) is 18.2 Å². The molecule has 0 atom stereocenters. The Morgan fingerprint density at radius 3 is 2.20 bits per heavy atom. The van der Waals surface area contributed by atoms with E-state index in [9.17, 15) is 8.78 Å². The minimum absolute atomic E-state index is 0.116. The summed E-state index contributed by atoms with van der Waals surface area (Å²) in [6.45, 7) is 0. The van der Waals surface area contributed by atoms with E-state index in [2.05, 4.69) is 5.32 Å². The molecule has 2 aromatic carbocycles. The Hall–Kier alpha value is -2.50. The van der Waals surface area contributed by atoms with Gasteiger partial charge < -0.3 is 20.5 Å². The van der Waals surface area contributed by atoms with Gasteiger partial charge in [-0.25, -0.2) is 8.78 Å². The van der Waals surface area contributed by atoms with Gasteiger partial charge in [0.05, 0.1) is 31.3 Å². The van der Waals surface area contributed by atoms with Crippen molar-refractivity contribution >= 4 is 17.1 Å². The van der Waals surface area contributed by atoms with E-state index in [1.807, 2.05) is 0 Å². The van der Waals surface area contributed by atoms with E-state index < -0.39 is 11.6 Å². The van der Waals surface area contributed by atoms with Crippen LogP contribution in [0.15, 0.2) is 30.3 Å². The molecule has 3 N–H and O–H groups in total. The first-order valence-corrected chi connectivity index (χ1v) is 5.78. The van der Waals surface area contributed by atoms with Crippen molar-refractivity contribution in [1.82, 2.24) is 0 Å². The zero-order valence-corrected chi connectivity index (χ0v) is 11.0. The molecule has 0 bridgehead atoms. The second kappa shape index (κ2) is 5.64. The average Bonchev–Trinajstić information content (AvgIpc) is 2.43. The van der Waals surface area contributed by atoms with Crippen molar-refractivity contribution in [2.45, 2.75) is 0 Å². The van der Waals surface area contributed by atoms with Gasteiger partial charge in [0.15, 0.2) is 11.5 Å². The molecule has 0 aliphatic carbocycles. The summed E-state index contributed by atoms with van der Waals surface area (Å²) in [4.78, 5) is 0. The topological polar surface area (TPSA) is 56.5 Å². The highest BCUT2D eigenvalue weighted by molar-refractivity contribution is 5.76. The Bertz CT molecular complexity index is 633. The third kappa shape index (κ3) is 2.74. The number of rotatable bonds is 4. The molecule has 4 nitrogen and oxygen atoms in total. The highest BCUT2D eigenvalue weighted by atomic mass is 19.1. The van der Waals surface area contributed by atoms with Crippen LogP contribution in [-0.4, -0.2) is 14.2 Å². The Morgan fingerprint density at radius 1 is 0.950 bits per heavy atom. The van der Waals surface area contributed by atoms with E-state index in [1.165, 1.54) is 20.3 Å². The molecule has 0 saturated heterocycles. The molecule has 0 saturated carbocycles. The summed E-state index contributed by atoms with van der Waals surface area (Å²) in [5.74, 6) is -0.436. The maximum Gasteiger partial charge on any atom is 0.162 e. The maximum atomic E-state index is 13.6. The van der Waals surface area contributed by atoms with Gasteiger partial charge in [0.25, 0.3) is 0 Å². The van der Waals surface area contributed by atoms with Crippen LogP contribution in [0.5, 0.6) is 11.5 Å². The highest BCUT2D eigenvalue weighted by Gasteiger charge is 2.11. The van der Waals surface area contributed by atoms with Gasteiger partial charge in [0.2, 0.25) is 0 Å². The van der Waals surface area contributed by atoms with Gasteiger partial charge >= 0.3 is 0 Å². The van der Waals surface area contributed by atoms with E-state index in [0.717, 1.165) is 12.1 Å². The van der Waals surface area contributed by atoms with Crippen molar-refractivity contribution in [3.8, 4) is 11.5 Å². The van der Waals surface area contributed by atoms with Crippen molar-refractivity contribution in [3.63, 3.8) is 0 Å². The summed E-state index contributed by atoms with van der Waals surface area (Å²) in [7, 11) is 2.97. The number of hydrogen-bond donors (Lipinski definition) is 2. The van der Waals surface area contributed by atoms with Crippen molar-refractivity contribution in [3.05, 3.63) is 42.0 Å². The first kappa shape index (κ1) is 13.9. The van der Waals surface area contributed by atoms with Gasteiger partial charge in [-0.05, 0) is 12.1 Å². The molecule has 2 rings (SSSR count). The molecule has 0 aliphatic rings. The summed E-state index contributed by atoms with van der Waals surface area (Å²) >= 11 is 0. The van der Waals surface area contributed by atoms with Crippen LogP contribution < -0.4 is 20.5 Å². The van der Waals surface area contributed by atoms with E-state index >= 15 is 0 Å².